The number of carbonyl (C=O) groups is 1. The highest BCUT2D eigenvalue weighted by Crippen LogP contribution is 2.54. The van der Waals surface area contributed by atoms with E-state index >= 15 is 0 Å². The average molecular weight is 463 g/mol. The summed E-state index contributed by atoms with van der Waals surface area (Å²) in [5, 5.41) is 3.56. The van der Waals surface area contributed by atoms with Gasteiger partial charge in [0.1, 0.15) is 11.6 Å². The van der Waals surface area contributed by atoms with Crippen molar-refractivity contribution in [1.82, 2.24) is 24.8 Å². The number of hydrogen-bond donors (Lipinski definition) is 1. The van der Waals surface area contributed by atoms with Gasteiger partial charge in [0.15, 0.2) is 5.82 Å². The highest BCUT2D eigenvalue weighted by molar-refractivity contribution is 5.84. The van der Waals surface area contributed by atoms with Gasteiger partial charge in [0.2, 0.25) is 11.8 Å². The van der Waals surface area contributed by atoms with Crippen LogP contribution in [-0.2, 0) is 4.79 Å². The van der Waals surface area contributed by atoms with Gasteiger partial charge in [-0.25, -0.2) is 24.3 Å². The second kappa shape index (κ2) is 8.62. The number of aryl methyl sites for hydroxylation is 1. The number of hydrogen-bond acceptors (Lipinski definition) is 7. The van der Waals surface area contributed by atoms with Gasteiger partial charge in [-0.05, 0) is 44.9 Å². The molecule has 1 saturated heterocycles. The quantitative estimate of drug-likeness (QED) is 0.598. The number of amides is 1. The Balaban J connectivity index is 1.31. The molecule has 2 atom stereocenters. The standard InChI is InChI=1S/C25H27FN6O2/c1-15(18-11-22(34-3)29-12-19(18)26)24(33)32-13-20(25(14-32)7-8-25)31-21-6-5-17(16(2)30-21)23-27-9-4-10-28-23/h4-6,9-12,15,20H,7-8,13-14H2,1-3H3,(H,30,31)/t15-,20-/m1/s1. The van der Waals surface area contributed by atoms with E-state index in [4.69, 9.17) is 9.72 Å². The van der Waals surface area contributed by atoms with Crippen LogP contribution in [0.4, 0.5) is 10.2 Å². The zero-order chi connectivity index (χ0) is 23.9. The summed E-state index contributed by atoms with van der Waals surface area (Å²) in [5.41, 5.74) is 2.07. The highest BCUT2D eigenvalue weighted by Gasteiger charge is 2.56. The number of anilines is 1. The molecule has 1 N–H and O–H groups in total. The predicted molar refractivity (Wildman–Crippen MR) is 125 cm³/mol. The first-order valence-corrected chi connectivity index (χ1v) is 11.4. The second-order valence-corrected chi connectivity index (χ2v) is 9.15. The van der Waals surface area contributed by atoms with Crippen LogP contribution < -0.4 is 10.1 Å². The maximum absolute atomic E-state index is 14.4. The van der Waals surface area contributed by atoms with Crippen LogP contribution in [-0.4, -0.2) is 57.0 Å². The SMILES string of the molecule is COc1cc([C@@H](C)C(=O)N2C[C@@H](Nc3ccc(-c4ncccn4)c(C)n3)C3(CC3)C2)c(F)cn1. The normalized spacial score (nSPS) is 19.2. The van der Waals surface area contributed by atoms with Crippen LogP contribution >= 0.6 is 0 Å². The van der Waals surface area contributed by atoms with E-state index in [1.54, 1.807) is 25.4 Å². The van der Waals surface area contributed by atoms with E-state index in [0.29, 0.717) is 30.4 Å². The monoisotopic (exact) mass is 462 g/mol. The summed E-state index contributed by atoms with van der Waals surface area (Å²) in [6.45, 7) is 4.88. The first kappa shape index (κ1) is 22.2. The average Bonchev–Trinajstić information content (AvgIpc) is 3.55. The first-order chi connectivity index (χ1) is 16.4. The molecule has 0 bridgehead atoms. The van der Waals surface area contributed by atoms with Crippen LogP contribution in [0, 0.1) is 18.2 Å². The van der Waals surface area contributed by atoms with Gasteiger partial charge < -0.3 is 15.0 Å². The van der Waals surface area contributed by atoms with Gasteiger partial charge in [-0.15, -0.1) is 0 Å². The van der Waals surface area contributed by atoms with Crippen LogP contribution in [0.1, 0.15) is 36.9 Å². The molecule has 1 aliphatic heterocycles. The maximum atomic E-state index is 14.4. The van der Waals surface area contributed by atoms with Gasteiger partial charge in [0.25, 0.3) is 0 Å². The highest BCUT2D eigenvalue weighted by atomic mass is 19.1. The molecule has 5 rings (SSSR count). The van der Waals surface area contributed by atoms with Gasteiger partial charge in [0, 0.05) is 48.1 Å². The molecule has 1 saturated carbocycles. The number of pyridine rings is 2. The van der Waals surface area contributed by atoms with Crippen LogP contribution in [0.25, 0.3) is 11.4 Å². The largest absolute Gasteiger partial charge is 0.481 e. The third-order valence-electron chi connectivity index (χ3n) is 6.97. The van der Waals surface area contributed by atoms with E-state index in [-0.39, 0.29) is 17.4 Å². The first-order valence-electron chi connectivity index (χ1n) is 11.4. The second-order valence-electron chi connectivity index (χ2n) is 9.15. The zero-order valence-electron chi connectivity index (χ0n) is 19.5. The van der Waals surface area contributed by atoms with Crippen LogP contribution in [0.3, 0.4) is 0 Å². The van der Waals surface area contributed by atoms with Crippen molar-refractivity contribution in [2.75, 3.05) is 25.5 Å². The minimum atomic E-state index is -0.628. The lowest BCUT2D eigenvalue weighted by Gasteiger charge is -2.22. The Morgan fingerprint density at radius 2 is 2.03 bits per heavy atom. The van der Waals surface area contributed by atoms with E-state index in [2.05, 4.69) is 20.3 Å². The third-order valence-corrected chi connectivity index (χ3v) is 6.97. The van der Waals surface area contributed by atoms with E-state index in [9.17, 15) is 9.18 Å². The van der Waals surface area contributed by atoms with Crippen molar-refractivity contribution in [3.05, 3.63) is 59.9 Å². The maximum Gasteiger partial charge on any atom is 0.230 e. The summed E-state index contributed by atoms with van der Waals surface area (Å²) in [7, 11) is 1.47. The molecule has 1 spiro atoms. The Morgan fingerprint density at radius 3 is 2.71 bits per heavy atom. The van der Waals surface area contributed by atoms with Crippen LogP contribution in [0.2, 0.25) is 0 Å². The van der Waals surface area contributed by atoms with Crippen molar-refractivity contribution in [2.24, 2.45) is 5.41 Å². The lowest BCUT2D eigenvalue weighted by Crippen LogP contribution is -2.34. The number of ether oxygens (including phenoxy) is 1. The van der Waals surface area contributed by atoms with Crippen molar-refractivity contribution in [3.8, 4) is 17.3 Å². The van der Waals surface area contributed by atoms with Gasteiger partial charge in [0.05, 0.1) is 31.0 Å². The van der Waals surface area contributed by atoms with E-state index in [0.717, 1.165) is 36.1 Å². The molecule has 0 aromatic carbocycles. The molecule has 4 heterocycles. The molecule has 34 heavy (non-hydrogen) atoms. The summed E-state index contributed by atoms with van der Waals surface area (Å²) in [6.07, 6.45) is 6.63. The Labute approximate surface area is 197 Å². The fourth-order valence-corrected chi connectivity index (χ4v) is 4.78. The van der Waals surface area contributed by atoms with Crippen molar-refractivity contribution < 1.29 is 13.9 Å². The van der Waals surface area contributed by atoms with E-state index < -0.39 is 11.7 Å². The lowest BCUT2D eigenvalue weighted by atomic mass is 10.00. The van der Waals surface area contributed by atoms with Gasteiger partial charge >= 0.3 is 0 Å². The molecule has 1 aliphatic carbocycles. The molecule has 0 radical (unpaired) electrons. The van der Waals surface area contributed by atoms with Crippen molar-refractivity contribution >= 4 is 11.7 Å². The Bertz CT molecular complexity index is 1220. The number of methoxy groups -OCH3 is 1. The van der Waals surface area contributed by atoms with Gasteiger partial charge in [-0.1, -0.05) is 0 Å². The number of carbonyl (C=O) groups excluding carboxylic acids is 1. The smallest absolute Gasteiger partial charge is 0.230 e. The summed E-state index contributed by atoms with van der Waals surface area (Å²) in [4.78, 5) is 32.4. The van der Waals surface area contributed by atoms with E-state index in [1.807, 2.05) is 24.0 Å². The summed E-state index contributed by atoms with van der Waals surface area (Å²) >= 11 is 0. The number of nitrogens with one attached hydrogen (secondary N) is 1. The molecule has 1 amide bonds. The Hall–Kier alpha value is -3.62. The van der Waals surface area contributed by atoms with Crippen molar-refractivity contribution in [1.29, 1.82) is 0 Å². The third kappa shape index (κ3) is 4.06. The predicted octanol–water partition coefficient (Wildman–Crippen LogP) is 3.60. The molecule has 3 aromatic rings. The lowest BCUT2D eigenvalue weighted by molar-refractivity contribution is -0.131. The minimum absolute atomic E-state index is 0.0423. The van der Waals surface area contributed by atoms with Crippen molar-refractivity contribution in [2.45, 2.75) is 38.6 Å². The number of likely N-dealkylation sites (tertiary alicyclic amines) is 1. The number of halogens is 1. The summed E-state index contributed by atoms with van der Waals surface area (Å²) < 4.78 is 19.5. The molecule has 176 valence electrons. The minimum Gasteiger partial charge on any atom is -0.481 e. The molecule has 2 aliphatic rings. The van der Waals surface area contributed by atoms with Crippen LogP contribution in [0.15, 0.2) is 42.9 Å². The molecule has 8 nitrogen and oxygen atoms in total. The fourth-order valence-electron chi connectivity index (χ4n) is 4.78. The molecular formula is C25H27FN6O2. The summed E-state index contributed by atoms with van der Waals surface area (Å²) in [6, 6.07) is 7.28. The molecule has 0 unspecified atom stereocenters. The zero-order valence-corrected chi connectivity index (χ0v) is 19.5. The van der Waals surface area contributed by atoms with Crippen molar-refractivity contribution in [3.63, 3.8) is 0 Å². The summed E-state index contributed by atoms with van der Waals surface area (Å²) in [5.74, 6) is 0.478. The Kier molecular flexibility index (Phi) is 5.63. The Morgan fingerprint density at radius 1 is 1.26 bits per heavy atom. The molecular weight excluding hydrogens is 435 g/mol. The molecule has 9 heteroatoms. The van der Waals surface area contributed by atoms with E-state index in [1.165, 1.54) is 13.2 Å². The number of nitrogens with zero attached hydrogens (tertiary/aromatic N) is 5. The fraction of sp³-hybridized carbons (Fsp3) is 0.400. The van der Waals surface area contributed by atoms with Gasteiger partial charge in [-0.3, -0.25) is 4.79 Å². The van der Waals surface area contributed by atoms with Crippen LogP contribution in [0.5, 0.6) is 5.88 Å². The number of aromatic nitrogens is 4. The topological polar surface area (TPSA) is 93.1 Å². The molecule has 2 fully saturated rings. The molecule has 3 aromatic heterocycles. The number of rotatable bonds is 6. The van der Waals surface area contributed by atoms with Gasteiger partial charge in [-0.2, -0.15) is 0 Å².